The zero-order valence-corrected chi connectivity index (χ0v) is 10.1. The van der Waals surface area contributed by atoms with Crippen molar-refractivity contribution >= 4 is 0 Å². The van der Waals surface area contributed by atoms with Gasteiger partial charge in [-0.2, -0.15) is 0 Å². The summed E-state index contributed by atoms with van der Waals surface area (Å²) >= 11 is 0. The molecule has 3 nitrogen and oxygen atoms in total. The molecule has 0 aromatic heterocycles. The molecule has 0 aliphatic rings. The monoisotopic (exact) mass is 221 g/mol. The molecule has 0 fully saturated rings. The first-order valence-corrected chi connectivity index (χ1v) is 5.25. The molecule has 0 saturated carbocycles. The molecule has 0 saturated heterocycles. The summed E-state index contributed by atoms with van der Waals surface area (Å²) in [6.45, 7) is 11.5. The summed E-state index contributed by atoms with van der Waals surface area (Å²) in [5.41, 5.74) is 0.867. The summed E-state index contributed by atoms with van der Waals surface area (Å²) in [4.78, 5) is 0. The molecule has 0 bridgehead atoms. The van der Waals surface area contributed by atoms with E-state index < -0.39 is 12.8 Å². The van der Waals surface area contributed by atoms with Gasteiger partial charge in [0.1, 0.15) is 12.8 Å². The number of hydrogen-bond acceptors (Lipinski definition) is 3. The quantitative estimate of drug-likeness (QED) is 0.641. The van der Waals surface area contributed by atoms with E-state index >= 15 is 0 Å². The zero-order chi connectivity index (χ0) is 12.1. The SMILES string of the molecule is C=C(C)COCC(O)CF.CCNCC. The maximum absolute atomic E-state index is 11.6. The fraction of sp³-hybridized carbons (Fsp3) is 0.818. The number of rotatable bonds is 7. The van der Waals surface area contributed by atoms with E-state index in [0.29, 0.717) is 6.61 Å². The van der Waals surface area contributed by atoms with E-state index in [-0.39, 0.29) is 6.61 Å². The van der Waals surface area contributed by atoms with E-state index in [1.165, 1.54) is 0 Å². The minimum atomic E-state index is -0.987. The van der Waals surface area contributed by atoms with Crippen LogP contribution < -0.4 is 5.32 Å². The van der Waals surface area contributed by atoms with Gasteiger partial charge in [0.25, 0.3) is 0 Å². The Morgan fingerprint density at radius 3 is 2.27 bits per heavy atom. The molecule has 1 atom stereocenters. The molecule has 0 aromatic carbocycles. The largest absolute Gasteiger partial charge is 0.388 e. The first-order valence-electron chi connectivity index (χ1n) is 5.25. The normalized spacial score (nSPS) is 11.5. The molecule has 15 heavy (non-hydrogen) atoms. The number of aliphatic hydroxyl groups excluding tert-OH is 1. The van der Waals surface area contributed by atoms with Gasteiger partial charge in [0.05, 0.1) is 13.2 Å². The predicted molar refractivity (Wildman–Crippen MR) is 61.8 cm³/mol. The van der Waals surface area contributed by atoms with Gasteiger partial charge in [0, 0.05) is 0 Å². The van der Waals surface area contributed by atoms with E-state index in [4.69, 9.17) is 9.84 Å². The highest BCUT2D eigenvalue weighted by molar-refractivity contribution is 4.87. The molecule has 2 N–H and O–H groups in total. The van der Waals surface area contributed by atoms with Crippen molar-refractivity contribution in [2.45, 2.75) is 26.9 Å². The second kappa shape index (κ2) is 13.5. The maximum Gasteiger partial charge on any atom is 0.118 e. The molecule has 0 radical (unpaired) electrons. The first kappa shape index (κ1) is 17.0. The van der Waals surface area contributed by atoms with Crippen LogP contribution in [0.25, 0.3) is 0 Å². The van der Waals surface area contributed by atoms with Gasteiger partial charge in [0.15, 0.2) is 0 Å². The van der Waals surface area contributed by atoms with Crippen molar-refractivity contribution in [3.8, 4) is 0 Å². The van der Waals surface area contributed by atoms with Crippen LogP contribution in [-0.2, 0) is 4.74 Å². The Bertz CT molecular complexity index is 141. The fourth-order valence-electron chi connectivity index (χ4n) is 0.664. The Hall–Kier alpha value is -0.450. The lowest BCUT2D eigenvalue weighted by molar-refractivity contribution is 0.0329. The lowest BCUT2D eigenvalue weighted by Gasteiger charge is -2.06. The van der Waals surface area contributed by atoms with Gasteiger partial charge in [-0.3, -0.25) is 0 Å². The molecule has 92 valence electrons. The molecule has 0 heterocycles. The highest BCUT2D eigenvalue weighted by atomic mass is 19.1. The lowest BCUT2D eigenvalue weighted by Crippen LogP contribution is -2.17. The van der Waals surface area contributed by atoms with Gasteiger partial charge in [-0.05, 0) is 20.0 Å². The number of aliphatic hydroxyl groups is 1. The van der Waals surface area contributed by atoms with Crippen molar-refractivity contribution in [1.82, 2.24) is 5.32 Å². The van der Waals surface area contributed by atoms with Crippen molar-refractivity contribution in [2.24, 2.45) is 0 Å². The number of alkyl halides is 1. The van der Waals surface area contributed by atoms with Crippen LogP contribution in [0.5, 0.6) is 0 Å². The summed E-state index contributed by atoms with van der Waals surface area (Å²) in [6, 6.07) is 0. The summed E-state index contributed by atoms with van der Waals surface area (Å²) in [7, 11) is 0. The average molecular weight is 221 g/mol. The zero-order valence-electron chi connectivity index (χ0n) is 10.1. The molecule has 0 aliphatic heterocycles. The molecular weight excluding hydrogens is 197 g/mol. The van der Waals surface area contributed by atoms with Crippen LogP contribution in [0.4, 0.5) is 4.39 Å². The predicted octanol–water partition coefficient (Wildman–Crippen LogP) is 1.53. The van der Waals surface area contributed by atoms with Crippen LogP contribution >= 0.6 is 0 Å². The Morgan fingerprint density at radius 2 is 2.00 bits per heavy atom. The standard InChI is InChI=1S/C7H13FO2.C4H11N/c1-6(2)4-10-5-7(9)3-8;1-3-5-4-2/h7,9H,1,3-5H2,2H3;5H,3-4H2,1-2H3. The Morgan fingerprint density at radius 1 is 1.47 bits per heavy atom. The van der Waals surface area contributed by atoms with E-state index in [0.717, 1.165) is 18.7 Å². The topological polar surface area (TPSA) is 41.5 Å². The first-order chi connectivity index (χ1) is 7.08. The van der Waals surface area contributed by atoms with Gasteiger partial charge in [-0.25, -0.2) is 4.39 Å². The minimum Gasteiger partial charge on any atom is -0.388 e. The second-order valence-electron chi connectivity index (χ2n) is 3.24. The van der Waals surface area contributed by atoms with Crippen molar-refractivity contribution in [3.63, 3.8) is 0 Å². The van der Waals surface area contributed by atoms with Crippen LogP contribution in [0.3, 0.4) is 0 Å². The molecule has 0 aliphatic carbocycles. The van der Waals surface area contributed by atoms with Crippen LogP contribution in [0.2, 0.25) is 0 Å². The van der Waals surface area contributed by atoms with Crippen molar-refractivity contribution in [3.05, 3.63) is 12.2 Å². The van der Waals surface area contributed by atoms with E-state index in [2.05, 4.69) is 25.7 Å². The fourth-order valence-corrected chi connectivity index (χ4v) is 0.664. The minimum absolute atomic E-state index is 0.0450. The van der Waals surface area contributed by atoms with Crippen LogP contribution in [0, 0.1) is 0 Å². The number of halogens is 1. The molecule has 0 aromatic rings. The van der Waals surface area contributed by atoms with E-state index in [1.807, 2.05) is 6.92 Å². The van der Waals surface area contributed by atoms with Crippen LogP contribution in [0.15, 0.2) is 12.2 Å². The summed E-state index contributed by atoms with van der Waals surface area (Å²) in [5, 5.41) is 11.8. The summed E-state index contributed by atoms with van der Waals surface area (Å²) in [6.07, 6.45) is -0.987. The third-order valence-corrected chi connectivity index (χ3v) is 1.34. The smallest absolute Gasteiger partial charge is 0.118 e. The highest BCUT2D eigenvalue weighted by Crippen LogP contribution is 1.91. The molecule has 0 spiro atoms. The van der Waals surface area contributed by atoms with Crippen molar-refractivity contribution in [1.29, 1.82) is 0 Å². The van der Waals surface area contributed by atoms with Gasteiger partial charge in [-0.15, -0.1) is 0 Å². The van der Waals surface area contributed by atoms with Gasteiger partial charge in [-0.1, -0.05) is 26.0 Å². The number of hydrogen-bond donors (Lipinski definition) is 2. The third kappa shape index (κ3) is 19.8. The molecular formula is C11H24FNO2. The van der Waals surface area contributed by atoms with Crippen molar-refractivity contribution in [2.75, 3.05) is 33.0 Å². The lowest BCUT2D eigenvalue weighted by atomic mass is 10.4. The highest BCUT2D eigenvalue weighted by Gasteiger charge is 2.01. The summed E-state index contributed by atoms with van der Waals surface area (Å²) in [5.74, 6) is 0. The molecule has 4 heteroatoms. The Labute approximate surface area is 92.3 Å². The van der Waals surface area contributed by atoms with E-state index in [9.17, 15) is 4.39 Å². The molecule has 1 unspecified atom stereocenters. The van der Waals surface area contributed by atoms with Crippen molar-refractivity contribution < 1.29 is 14.2 Å². The van der Waals surface area contributed by atoms with Gasteiger partial charge < -0.3 is 15.2 Å². The molecule has 0 amide bonds. The van der Waals surface area contributed by atoms with Crippen LogP contribution in [0.1, 0.15) is 20.8 Å². The van der Waals surface area contributed by atoms with Gasteiger partial charge in [0.2, 0.25) is 0 Å². The molecule has 0 rings (SSSR count). The number of nitrogens with one attached hydrogen (secondary N) is 1. The van der Waals surface area contributed by atoms with Crippen LogP contribution in [-0.4, -0.2) is 44.2 Å². The number of ether oxygens (including phenoxy) is 1. The van der Waals surface area contributed by atoms with E-state index in [1.54, 1.807) is 0 Å². The summed E-state index contributed by atoms with van der Waals surface area (Å²) < 4.78 is 16.4. The Balaban J connectivity index is 0. The Kier molecular flexibility index (Phi) is 15.3. The maximum atomic E-state index is 11.6. The second-order valence-corrected chi connectivity index (χ2v) is 3.24. The third-order valence-electron chi connectivity index (χ3n) is 1.34. The van der Waals surface area contributed by atoms with Gasteiger partial charge >= 0.3 is 0 Å². The average Bonchev–Trinajstić information content (AvgIpc) is 2.19.